The van der Waals surface area contributed by atoms with Crippen LogP contribution in [0.25, 0.3) is 0 Å². The molecule has 1 atom stereocenters. The molecule has 1 unspecified atom stereocenters. The Balaban J connectivity index is 3.02. The van der Waals surface area contributed by atoms with E-state index in [1.54, 1.807) is 6.92 Å². The van der Waals surface area contributed by atoms with Gasteiger partial charge in [-0.2, -0.15) is 0 Å². The van der Waals surface area contributed by atoms with Crippen molar-refractivity contribution in [3.63, 3.8) is 0 Å². The summed E-state index contributed by atoms with van der Waals surface area (Å²) in [5.41, 5.74) is 6.01. The Morgan fingerprint density at radius 3 is 2.78 bits per heavy atom. The van der Waals surface area contributed by atoms with E-state index in [0.717, 1.165) is 0 Å². The van der Waals surface area contributed by atoms with E-state index in [2.05, 4.69) is 10.6 Å². The van der Waals surface area contributed by atoms with Crippen molar-refractivity contribution in [2.45, 2.75) is 24.3 Å². The van der Waals surface area contributed by atoms with Crippen molar-refractivity contribution in [3.05, 3.63) is 18.2 Å². The average molecular weight is 268 g/mol. The SMILES string of the molecule is C#CCC(C)NS(=O)(=O)c1ccc(N)c(OC)c1. The summed E-state index contributed by atoms with van der Waals surface area (Å²) in [6.07, 6.45) is 5.46. The van der Waals surface area contributed by atoms with Crippen molar-refractivity contribution in [1.29, 1.82) is 0 Å². The molecule has 1 aromatic rings. The second-order valence-corrected chi connectivity index (χ2v) is 5.55. The molecular weight excluding hydrogens is 252 g/mol. The highest BCUT2D eigenvalue weighted by atomic mass is 32.2. The monoisotopic (exact) mass is 268 g/mol. The third-order valence-corrected chi connectivity index (χ3v) is 3.88. The molecule has 0 amide bonds. The van der Waals surface area contributed by atoms with Gasteiger partial charge in [0.05, 0.1) is 17.7 Å². The van der Waals surface area contributed by atoms with Gasteiger partial charge in [0.2, 0.25) is 10.0 Å². The molecule has 1 rings (SSSR count). The molecule has 0 heterocycles. The van der Waals surface area contributed by atoms with Crippen molar-refractivity contribution >= 4 is 15.7 Å². The summed E-state index contributed by atoms with van der Waals surface area (Å²) in [5, 5.41) is 0. The lowest BCUT2D eigenvalue weighted by atomic mass is 10.3. The Morgan fingerprint density at radius 1 is 1.56 bits per heavy atom. The fourth-order valence-corrected chi connectivity index (χ4v) is 2.67. The van der Waals surface area contributed by atoms with Crippen LogP contribution in [0.1, 0.15) is 13.3 Å². The lowest BCUT2D eigenvalue weighted by Crippen LogP contribution is -2.32. The summed E-state index contributed by atoms with van der Waals surface area (Å²) < 4.78 is 31.5. The highest BCUT2D eigenvalue weighted by Gasteiger charge is 2.18. The molecule has 0 spiro atoms. The van der Waals surface area contributed by atoms with Gasteiger partial charge in [0.15, 0.2) is 0 Å². The minimum Gasteiger partial charge on any atom is -0.495 e. The first-order chi connectivity index (χ1) is 8.40. The number of rotatable bonds is 5. The summed E-state index contributed by atoms with van der Waals surface area (Å²) in [7, 11) is -2.19. The molecule has 0 aliphatic carbocycles. The van der Waals surface area contributed by atoms with Crippen molar-refractivity contribution in [1.82, 2.24) is 4.72 Å². The van der Waals surface area contributed by atoms with Gasteiger partial charge in [-0.1, -0.05) is 0 Å². The van der Waals surface area contributed by atoms with Gasteiger partial charge in [0, 0.05) is 18.5 Å². The predicted molar refractivity (Wildman–Crippen MR) is 70.6 cm³/mol. The van der Waals surface area contributed by atoms with Gasteiger partial charge in [0.1, 0.15) is 5.75 Å². The fraction of sp³-hybridized carbons (Fsp3) is 0.333. The Morgan fingerprint density at radius 2 is 2.22 bits per heavy atom. The topological polar surface area (TPSA) is 81.4 Å². The molecule has 0 saturated carbocycles. The molecular formula is C12H16N2O3S. The summed E-state index contributed by atoms with van der Waals surface area (Å²) in [5.74, 6) is 2.72. The van der Waals surface area contributed by atoms with E-state index in [0.29, 0.717) is 17.9 Å². The van der Waals surface area contributed by atoms with Gasteiger partial charge in [-0.05, 0) is 19.1 Å². The molecule has 0 radical (unpaired) electrons. The van der Waals surface area contributed by atoms with E-state index in [9.17, 15) is 8.42 Å². The predicted octanol–water partition coefficient (Wildman–Crippen LogP) is 0.968. The van der Waals surface area contributed by atoms with Gasteiger partial charge < -0.3 is 10.5 Å². The first-order valence-corrected chi connectivity index (χ1v) is 6.78. The molecule has 18 heavy (non-hydrogen) atoms. The second-order valence-electron chi connectivity index (χ2n) is 3.83. The minimum absolute atomic E-state index is 0.0948. The zero-order chi connectivity index (χ0) is 13.8. The van der Waals surface area contributed by atoms with Crippen LogP contribution in [0.4, 0.5) is 5.69 Å². The number of benzene rings is 1. The van der Waals surface area contributed by atoms with E-state index in [4.69, 9.17) is 16.9 Å². The summed E-state index contributed by atoms with van der Waals surface area (Å²) in [6, 6.07) is 3.95. The molecule has 5 nitrogen and oxygen atoms in total. The van der Waals surface area contributed by atoms with Gasteiger partial charge in [-0.3, -0.25) is 0 Å². The first kappa shape index (κ1) is 14.4. The molecule has 0 saturated heterocycles. The summed E-state index contributed by atoms with van der Waals surface area (Å²) in [4.78, 5) is 0.0948. The Labute approximate surface area is 107 Å². The molecule has 0 aliphatic heterocycles. The van der Waals surface area contributed by atoms with E-state index >= 15 is 0 Å². The number of methoxy groups -OCH3 is 1. The number of terminal acetylenes is 1. The lowest BCUT2D eigenvalue weighted by Gasteiger charge is -2.13. The van der Waals surface area contributed by atoms with Crippen molar-refractivity contribution in [3.8, 4) is 18.1 Å². The molecule has 0 aliphatic rings. The van der Waals surface area contributed by atoms with E-state index in [-0.39, 0.29) is 10.9 Å². The quantitative estimate of drug-likeness (QED) is 0.616. The Bertz CT molecular complexity index is 561. The third kappa shape index (κ3) is 3.39. The van der Waals surface area contributed by atoms with E-state index < -0.39 is 10.0 Å². The number of hydrogen-bond acceptors (Lipinski definition) is 4. The van der Waals surface area contributed by atoms with E-state index in [1.165, 1.54) is 25.3 Å². The number of nitrogens with two attached hydrogens (primary N) is 1. The van der Waals surface area contributed by atoms with Gasteiger partial charge in [-0.15, -0.1) is 12.3 Å². The number of nitrogens with one attached hydrogen (secondary N) is 1. The number of sulfonamides is 1. The highest BCUT2D eigenvalue weighted by molar-refractivity contribution is 7.89. The van der Waals surface area contributed by atoms with Crippen LogP contribution >= 0.6 is 0 Å². The summed E-state index contributed by atoms with van der Waals surface area (Å²) >= 11 is 0. The van der Waals surface area contributed by atoms with Gasteiger partial charge in [0.25, 0.3) is 0 Å². The standard InChI is InChI=1S/C12H16N2O3S/c1-4-5-9(2)14-18(15,16)10-6-7-11(13)12(8-10)17-3/h1,6-9,14H,5,13H2,2-3H3. The van der Waals surface area contributed by atoms with E-state index in [1.807, 2.05) is 0 Å². The molecule has 6 heteroatoms. The van der Waals surface area contributed by atoms with Crippen LogP contribution in [0.15, 0.2) is 23.1 Å². The smallest absolute Gasteiger partial charge is 0.240 e. The van der Waals surface area contributed by atoms with Crippen LogP contribution in [0.5, 0.6) is 5.75 Å². The second kappa shape index (κ2) is 5.76. The maximum Gasteiger partial charge on any atom is 0.240 e. The van der Waals surface area contributed by atoms with Crippen LogP contribution in [0.2, 0.25) is 0 Å². The van der Waals surface area contributed by atoms with Crippen molar-refractivity contribution in [2.24, 2.45) is 0 Å². The first-order valence-electron chi connectivity index (χ1n) is 5.30. The maximum absolute atomic E-state index is 12.0. The van der Waals surface area contributed by atoms with Crippen LogP contribution < -0.4 is 15.2 Å². The molecule has 0 bridgehead atoms. The van der Waals surface area contributed by atoms with Crippen LogP contribution in [-0.4, -0.2) is 21.6 Å². The Kier molecular flexibility index (Phi) is 4.59. The molecule has 1 aromatic carbocycles. The highest BCUT2D eigenvalue weighted by Crippen LogP contribution is 2.24. The maximum atomic E-state index is 12.0. The molecule has 3 N–H and O–H groups in total. The average Bonchev–Trinajstić information content (AvgIpc) is 2.28. The van der Waals surface area contributed by atoms with Crippen LogP contribution in [0, 0.1) is 12.3 Å². The largest absolute Gasteiger partial charge is 0.495 e. The fourth-order valence-electron chi connectivity index (χ4n) is 1.41. The number of hydrogen-bond donors (Lipinski definition) is 2. The summed E-state index contributed by atoms with van der Waals surface area (Å²) in [6.45, 7) is 1.70. The molecule has 0 fully saturated rings. The molecule has 98 valence electrons. The van der Waals surface area contributed by atoms with Crippen molar-refractivity contribution in [2.75, 3.05) is 12.8 Å². The molecule has 0 aromatic heterocycles. The number of anilines is 1. The zero-order valence-corrected chi connectivity index (χ0v) is 11.1. The lowest BCUT2D eigenvalue weighted by molar-refractivity contribution is 0.415. The normalized spacial score (nSPS) is 12.7. The van der Waals surface area contributed by atoms with Crippen molar-refractivity contribution < 1.29 is 13.2 Å². The Hall–Kier alpha value is -1.71. The number of ether oxygens (including phenoxy) is 1. The number of nitrogen functional groups attached to an aromatic ring is 1. The zero-order valence-electron chi connectivity index (χ0n) is 10.3. The van der Waals surface area contributed by atoms with Crippen LogP contribution in [-0.2, 0) is 10.0 Å². The van der Waals surface area contributed by atoms with Crippen LogP contribution in [0.3, 0.4) is 0 Å². The minimum atomic E-state index is -3.61. The van der Waals surface area contributed by atoms with Gasteiger partial charge in [-0.25, -0.2) is 13.1 Å². The third-order valence-electron chi connectivity index (χ3n) is 2.30. The van der Waals surface area contributed by atoms with Gasteiger partial charge >= 0.3 is 0 Å².